The van der Waals surface area contributed by atoms with Crippen LogP contribution in [0.15, 0.2) is 42.5 Å². The van der Waals surface area contributed by atoms with Crippen molar-refractivity contribution in [2.75, 3.05) is 39.3 Å². The molecule has 5 heteroatoms. The number of carbonyl (C=O) groups excluding carboxylic acids is 2. The zero-order valence-corrected chi connectivity index (χ0v) is 14.9. The maximum Gasteiger partial charge on any atom is 0.320 e. The van der Waals surface area contributed by atoms with Crippen LogP contribution in [0.4, 0.5) is 4.79 Å². The molecule has 2 aromatic rings. The van der Waals surface area contributed by atoms with E-state index in [-0.39, 0.29) is 11.9 Å². The molecule has 0 saturated carbocycles. The monoisotopic (exact) mass is 339 g/mol. The molecule has 0 bridgehead atoms. The lowest BCUT2D eigenvalue weighted by atomic mass is 10.0. The summed E-state index contributed by atoms with van der Waals surface area (Å²) in [6, 6.07) is 13.9. The minimum absolute atomic E-state index is 0.0479. The number of piperazine rings is 1. The Labute approximate surface area is 148 Å². The summed E-state index contributed by atoms with van der Waals surface area (Å²) in [5.41, 5.74) is 0.738. The summed E-state index contributed by atoms with van der Waals surface area (Å²) in [4.78, 5) is 30.9. The Balaban J connectivity index is 1.70. The first-order valence-corrected chi connectivity index (χ1v) is 8.96. The molecular formula is C20H25N3O2. The van der Waals surface area contributed by atoms with Gasteiger partial charge in [-0.25, -0.2) is 4.79 Å². The van der Waals surface area contributed by atoms with Crippen molar-refractivity contribution >= 4 is 22.7 Å². The van der Waals surface area contributed by atoms with Gasteiger partial charge in [-0.05, 0) is 30.7 Å². The number of rotatable bonds is 3. The summed E-state index contributed by atoms with van der Waals surface area (Å²) in [6.07, 6.45) is 0. The van der Waals surface area contributed by atoms with Gasteiger partial charge >= 0.3 is 6.03 Å². The Morgan fingerprint density at radius 1 is 0.880 bits per heavy atom. The smallest absolute Gasteiger partial charge is 0.320 e. The molecule has 25 heavy (non-hydrogen) atoms. The Morgan fingerprint density at radius 3 is 2.16 bits per heavy atom. The van der Waals surface area contributed by atoms with Crippen molar-refractivity contribution in [3.05, 3.63) is 48.0 Å². The van der Waals surface area contributed by atoms with Crippen LogP contribution in [0.5, 0.6) is 0 Å². The maximum atomic E-state index is 12.9. The summed E-state index contributed by atoms with van der Waals surface area (Å²) in [5, 5.41) is 2.06. The van der Waals surface area contributed by atoms with Gasteiger partial charge in [0.2, 0.25) is 0 Å². The third kappa shape index (κ3) is 3.45. The van der Waals surface area contributed by atoms with Gasteiger partial charge in [-0.3, -0.25) is 4.79 Å². The number of nitrogens with zero attached hydrogens (tertiary/aromatic N) is 3. The number of benzene rings is 2. The van der Waals surface area contributed by atoms with Crippen LogP contribution in [-0.2, 0) is 0 Å². The van der Waals surface area contributed by atoms with Crippen LogP contribution in [0.25, 0.3) is 10.8 Å². The summed E-state index contributed by atoms with van der Waals surface area (Å²) < 4.78 is 0. The molecule has 1 heterocycles. The van der Waals surface area contributed by atoms with Crippen LogP contribution in [0.3, 0.4) is 0 Å². The van der Waals surface area contributed by atoms with Gasteiger partial charge in [-0.2, -0.15) is 0 Å². The molecule has 0 aromatic heterocycles. The molecule has 0 atom stereocenters. The molecule has 0 spiro atoms. The van der Waals surface area contributed by atoms with Crippen LogP contribution in [-0.4, -0.2) is 65.9 Å². The fourth-order valence-corrected chi connectivity index (χ4v) is 3.38. The first-order valence-electron chi connectivity index (χ1n) is 8.96. The predicted octanol–water partition coefficient (Wildman–Crippen LogP) is 3.06. The zero-order chi connectivity index (χ0) is 17.8. The number of urea groups is 1. The molecule has 0 N–H and O–H groups in total. The molecule has 1 aliphatic heterocycles. The molecule has 3 rings (SSSR count). The van der Waals surface area contributed by atoms with Gasteiger partial charge in [-0.15, -0.1) is 0 Å². The fourth-order valence-electron chi connectivity index (χ4n) is 3.38. The normalized spacial score (nSPS) is 14.6. The van der Waals surface area contributed by atoms with Crippen LogP contribution < -0.4 is 0 Å². The Kier molecular flexibility index (Phi) is 5.22. The van der Waals surface area contributed by atoms with Crippen molar-refractivity contribution in [1.29, 1.82) is 0 Å². The number of hydrogen-bond donors (Lipinski definition) is 0. The van der Waals surface area contributed by atoms with Crippen molar-refractivity contribution in [3.8, 4) is 0 Å². The molecule has 132 valence electrons. The van der Waals surface area contributed by atoms with E-state index < -0.39 is 0 Å². The SMILES string of the molecule is CCN(CC)C(=O)N1CCN(C(=O)c2cccc3ccccc23)CC1. The van der Waals surface area contributed by atoms with E-state index in [0.717, 1.165) is 16.3 Å². The highest BCUT2D eigenvalue weighted by atomic mass is 16.2. The maximum absolute atomic E-state index is 12.9. The molecule has 2 aromatic carbocycles. The Bertz CT molecular complexity index is 757. The minimum atomic E-state index is 0.0479. The number of fused-ring (bicyclic) bond motifs is 1. The van der Waals surface area contributed by atoms with Crippen molar-refractivity contribution in [3.63, 3.8) is 0 Å². The topological polar surface area (TPSA) is 43.9 Å². The van der Waals surface area contributed by atoms with Crippen molar-refractivity contribution < 1.29 is 9.59 Å². The highest BCUT2D eigenvalue weighted by Crippen LogP contribution is 2.20. The summed E-state index contributed by atoms with van der Waals surface area (Å²) in [6.45, 7) is 7.74. The van der Waals surface area contributed by atoms with E-state index in [4.69, 9.17) is 0 Å². The van der Waals surface area contributed by atoms with E-state index in [1.807, 2.05) is 71.0 Å². The van der Waals surface area contributed by atoms with Gasteiger partial charge < -0.3 is 14.7 Å². The molecule has 1 saturated heterocycles. The number of carbonyl (C=O) groups is 2. The van der Waals surface area contributed by atoms with E-state index in [2.05, 4.69) is 0 Å². The highest BCUT2D eigenvalue weighted by Gasteiger charge is 2.27. The third-order valence-corrected chi connectivity index (χ3v) is 4.89. The van der Waals surface area contributed by atoms with Crippen LogP contribution >= 0.6 is 0 Å². The molecule has 3 amide bonds. The summed E-state index contributed by atoms with van der Waals surface area (Å²) in [7, 11) is 0. The fraction of sp³-hybridized carbons (Fsp3) is 0.400. The van der Waals surface area contributed by atoms with Crippen molar-refractivity contribution in [2.45, 2.75) is 13.8 Å². The van der Waals surface area contributed by atoms with E-state index in [0.29, 0.717) is 39.3 Å². The van der Waals surface area contributed by atoms with Crippen molar-refractivity contribution in [1.82, 2.24) is 14.7 Å². The van der Waals surface area contributed by atoms with Gasteiger partial charge in [0.15, 0.2) is 0 Å². The van der Waals surface area contributed by atoms with E-state index in [1.54, 1.807) is 0 Å². The second-order valence-electron chi connectivity index (χ2n) is 6.26. The predicted molar refractivity (Wildman–Crippen MR) is 99.7 cm³/mol. The quantitative estimate of drug-likeness (QED) is 0.863. The number of hydrogen-bond acceptors (Lipinski definition) is 2. The summed E-state index contributed by atoms with van der Waals surface area (Å²) >= 11 is 0. The lowest BCUT2D eigenvalue weighted by molar-refractivity contribution is 0.0643. The Hall–Kier alpha value is -2.56. The lowest BCUT2D eigenvalue weighted by Crippen LogP contribution is -2.54. The highest BCUT2D eigenvalue weighted by molar-refractivity contribution is 6.07. The van der Waals surface area contributed by atoms with E-state index >= 15 is 0 Å². The molecule has 1 fully saturated rings. The molecular weight excluding hydrogens is 314 g/mol. The van der Waals surface area contributed by atoms with Crippen LogP contribution in [0.2, 0.25) is 0 Å². The molecule has 0 radical (unpaired) electrons. The largest absolute Gasteiger partial charge is 0.335 e. The van der Waals surface area contributed by atoms with E-state index in [1.165, 1.54) is 0 Å². The van der Waals surface area contributed by atoms with E-state index in [9.17, 15) is 9.59 Å². The molecule has 1 aliphatic rings. The van der Waals surface area contributed by atoms with Gasteiger partial charge in [-0.1, -0.05) is 36.4 Å². The van der Waals surface area contributed by atoms with Gasteiger partial charge in [0.05, 0.1) is 0 Å². The standard InChI is InChI=1S/C20H25N3O2/c1-3-21(4-2)20(25)23-14-12-22(13-15-23)19(24)18-11-7-9-16-8-5-6-10-17(16)18/h5-11H,3-4,12-15H2,1-2H3. The second kappa shape index (κ2) is 7.55. The zero-order valence-electron chi connectivity index (χ0n) is 14.9. The Morgan fingerprint density at radius 2 is 1.48 bits per heavy atom. The third-order valence-electron chi connectivity index (χ3n) is 4.89. The lowest BCUT2D eigenvalue weighted by Gasteiger charge is -2.37. The first-order chi connectivity index (χ1) is 12.2. The number of amides is 3. The molecule has 0 unspecified atom stereocenters. The van der Waals surface area contributed by atoms with Gasteiger partial charge in [0, 0.05) is 44.8 Å². The van der Waals surface area contributed by atoms with Gasteiger partial charge in [0.25, 0.3) is 5.91 Å². The van der Waals surface area contributed by atoms with Gasteiger partial charge in [0.1, 0.15) is 0 Å². The average Bonchev–Trinajstić information content (AvgIpc) is 2.68. The van der Waals surface area contributed by atoms with Crippen LogP contribution in [0.1, 0.15) is 24.2 Å². The average molecular weight is 339 g/mol. The molecule has 0 aliphatic carbocycles. The second-order valence-corrected chi connectivity index (χ2v) is 6.26. The first kappa shape index (κ1) is 17.3. The minimum Gasteiger partial charge on any atom is -0.335 e. The van der Waals surface area contributed by atoms with Crippen LogP contribution in [0, 0.1) is 0 Å². The summed E-state index contributed by atoms with van der Waals surface area (Å²) in [5.74, 6) is 0.0479. The van der Waals surface area contributed by atoms with Crippen molar-refractivity contribution in [2.24, 2.45) is 0 Å². The molecule has 5 nitrogen and oxygen atoms in total.